The summed E-state index contributed by atoms with van der Waals surface area (Å²) in [6, 6.07) is 5.75. The summed E-state index contributed by atoms with van der Waals surface area (Å²) in [7, 11) is 0. The Labute approximate surface area is 144 Å². The molecule has 25 heavy (non-hydrogen) atoms. The van der Waals surface area contributed by atoms with Crippen molar-refractivity contribution in [3.05, 3.63) is 35.0 Å². The van der Waals surface area contributed by atoms with Gasteiger partial charge in [0.15, 0.2) is 0 Å². The highest BCUT2D eigenvalue weighted by Gasteiger charge is 2.65. The molecule has 1 aromatic heterocycles. The molecule has 2 aromatic rings. The van der Waals surface area contributed by atoms with Crippen molar-refractivity contribution in [3.63, 3.8) is 0 Å². The van der Waals surface area contributed by atoms with Gasteiger partial charge in [-0.15, -0.1) is 0 Å². The van der Waals surface area contributed by atoms with Crippen molar-refractivity contribution in [2.24, 2.45) is 11.3 Å². The number of hydrogen-bond acceptors (Lipinski definition) is 1. The van der Waals surface area contributed by atoms with Gasteiger partial charge in [-0.25, -0.2) is 0 Å². The number of hydrogen-bond donors (Lipinski definition) is 1. The van der Waals surface area contributed by atoms with Crippen LogP contribution in [0.1, 0.15) is 40.9 Å². The number of aromatic nitrogens is 1. The molecule has 2 aliphatic rings. The maximum atomic E-state index is 13.7. The van der Waals surface area contributed by atoms with Gasteiger partial charge in [0.25, 0.3) is 5.91 Å². The second-order valence-electron chi connectivity index (χ2n) is 7.66. The lowest BCUT2D eigenvalue weighted by Crippen LogP contribution is -2.42. The van der Waals surface area contributed by atoms with Crippen LogP contribution >= 0.6 is 0 Å². The SMILES string of the molecule is Cc1cc(C)c2[nH]c(C(=O)N3C[C@@H]4CCC[C@]4(C(F)(F)F)C3)cc2c1. The van der Waals surface area contributed by atoms with Crippen LogP contribution in [0.25, 0.3) is 10.9 Å². The molecule has 0 radical (unpaired) electrons. The third-order valence-electron chi connectivity index (χ3n) is 6.02. The maximum Gasteiger partial charge on any atom is 0.396 e. The van der Waals surface area contributed by atoms with Crippen LogP contribution in [0.2, 0.25) is 0 Å². The van der Waals surface area contributed by atoms with Crippen LogP contribution in [0.4, 0.5) is 13.2 Å². The number of aryl methyl sites for hydroxylation is 2. The number of carbonyl (C=O) groups is 1. The van der Waals surface area contributed by atoms with Crippen molar-refractivity contribution in [2.45, 2.75) is 39.3 Å². The van der Waals surface area contributed by atoms with Gasteiger partial charge in [0.1, 0.15) is 5.69 Å². The average Bonchev–Trinajstić information content (AvgIpc) is 3.16. The Kier molecular flexibility index (Phi) is 3.47. The van der Waals surface area contributed by atoms with Gasteiger partial charge in [-0.05, 0) is 50.3 Å². The molecular formula is C19H21F3N2O. The van der Waals surface area contributed by atoms with Crippen molar-refractivity contribution in [3.8, 4) is 0 Å². The molecule has 1 aliphatic carbocycles. The summed E-state index contributed by atoms with van der Waals surface area (Å²) in [5.74, 6) is -0.795. The maximum absolute atomic E-state index is 13.7. The Balaban J connectivity index is 1.66. The van der Waals surface area contributed by atoms with Gasteiger partial charge in [-0.2, -0.15) is 13.2 Å². The van der Waals surface area contributed by atoms with Crippen LogP contribution in [0.3, 0.4) is 0 Å². The number of rotatable bonds is 1. The number of aromatic amines is 1. The summed E-state index contributed by atoms with van der Waals surface area (Å²) in [6.45, 7) is 3.92. The summed E-state index contributed by atoms with van der Waals surface area (Å²) in [4.78, 5) is 17.3. The van der Waals surface area contributed by atoms with Crippen molar-refractivity contribution in [1.29, 1.82) is 0 Å². The topological polar surface area (TPSA) is 36.1 Å². The van der Waals surface area contributed by atoms with Crippen LogP contribution in [-0.4, -0.2) is 35.1 Å². The molecule has 1 N–H and O–H groups in total. The number of halogens is 3. The van der Waals surface area contributed by atoms with Gasteiger partial charge in [-0.3, -0.25) is 4.79 Å². The van der Waals surface area contributed by atoms with E-state index in [4.69, 9.17) is 0 Å². The van der Waals surface area contributed by atoms with Gasteiger partial charge in [0, 0.05) is 24.0 Å². The fourth-order valence-corrected chi connectivity index (χ4v) is 4.80. The zero-order chi connectivity index (χ0) is 18.0. The van der Waals surface area contributed by atoms with Crippen molar-refractivity contribution < 1.29 is 18.0 Å². The smallest absolute Gasteiger partial charge is 0.350 e. The fraction of sp³-hybridized carbons (Fsp3) is 0.526. The molecule has 4 rings (SSSR count). The molecule has 2 heterocycles. The van der Waals surface area contributed by atoms with E-state index in [1.807, 2.05) is 26.0 Å². The Hall–Kier alpha value is -1.98. The third kappa shape index (κ3) is 2.37. The van der Waals surface area contributed by atoms with E-state index in [2.05, 4.69) is 4.98 Å². The van der Waals surface area contributed by atoms with Gasteiger partial charge >= 0.3 is 6.18 Å². The van der Waals surface area contributed by atoms with Crippen molar-refractivity contribution >= 4 is 16.8 Å². The number of amides is 1. The van der Waals surface area contributed by atoms with E-state index < -0.39 is 17.5 Å². The van der Waals surface area contributed by atoms with Crippen LogP contribution in [0.15, 0.2) is 18.2 Å². The van der Waals surface area contributed by atoms with Crippen LogP contribution < -0.4 is 0 Å². The molecule has 6 heteroatoms. The minimum absolute atomic E-state index is 0.135. The number of carbonyl (C=O) groups excluding carboxylic acids is 1. The Bertz CT molecular complexity index is 854. The van der Waals surface area contributed by atoms with E-state index in [1.165, 1.54) is 4.90 Å². The summed E-state index contributed by atoms with van der Waals surface area (Å²) < 4.78 is 41.0. The first-order valence-electron chi connectivity index (χ1n) is 8.67. The predicted octanol–water partition coefficient (Wildman–Crippen LogP) is 4.59. The Morgan fingerprint density at radius 3 is 2.72 bits per heavy atom. The van der Waals surface area contributed by atoms with Crippen LogP contribution in [-0.2, 0) is 0 Å². The van der Waals surface area contributed by atoms with E-state index in [9.17, 15) is 18.0 Å². The lowest BCUT2D eigenvalue weighted by Gasteiger charge is -2.31. The number of benzene rings is 1. The molecular weight excluding hydrogens is 329 g/mol. The second-order valence-corrected chi connectivity index (χ2v) is 7.66. The molecule has 1 amide bonds. The molecule has 1 aromatic carbocycles. The zero-order valence-corrected chi connectivity index (χ0v) is 14.3. The summed E-state index contributed by atoms with van der Waals surface area (Å²) in [5, 5.41) is 0.922. The highest BCUT2D eigenvalue weighted by atomic mass is 19.4. The van der Waals surface area contributed by atoms with Crippen molar-refractivity contribution in [2.75, 3.05) is 13.1 Å². The normalized spacial score (nSPS) is 26.4. The second kappa shape index (κ2) is 5.26. The molecule has 0 bridgehead atoms. The molecule has 2 fully saturated rings. The van der Waals surface area contributed by atoms with E-state index in [0.717, 1.165) is 22.0 Å². The van der Waals surface area contributed by atoms with Crippen LogP contribution in [0.5, 0.6) is 0 Å². The Morgan fingerprint density at radius 1 is 1.28 bits per heavy atom. The predicted molar refractivity (Wildman–Crippen MR) is 89.5 cm³/mol. The van der Waals surface area contributed by atoms with Crippen LogP contribution in [0, 0.1) is 25.2 Å². The number of alkyl halides is 3. The summed E-state index contributed by atoms with van der Waals surface area (Å²) >= 11 is 0. The average molecular weight is 350 g/mol. The van der Waals surface area contributed by atoms with Gasteiger partial charge in [0.2, 0.25) is 0 Å². The van der Waals surface area contributed by atoms with Gasteiger partial charge in [-0.1, -0.05) is 18.1 Å². The monoisotopic (exact) mass is 350 g/mol. The minimum Gasteiger partial charge on any atom is -0.350 e. The number of H-pyrrole nitrogens is 1. The van der Waals surface area contributed by atoms with E-state index >= 15 is 0 Å². The minimum atomic E-state index is -4.25. The van der Waals surface area contributed by atoms with E-state index in [1.54, 1.807) is 6.07 Å². The number of nitrogens with one attached hydrogen (secondary N) is 1. The highest BCUT2D eigenvalue weighted by molar-refractivity contribution is 5.99. The third-order valence-corrected chi connectivity index (χ3v) is 6.02. The number of nitrogens with zero attached hydrogens (tertiary/aromatic N) is 1. The standard InChI is InChI=1S/C19H21F3N2O/c1-11-6-12(2)16-13(7-11)8-15(23-16)17(25)24-9-14-4-3-5-18(14,10-24)19(20,21)22/h6-8,14,23H,3-5,9-10H2,1-2H3/t14-,18-/m0/s1. The molecule has 134 valence electrons. The molecule has 0 spiro atoms. The van der Waals surface area contributed by atoms with Crippen molar-refractivity contribution in [1.82, 2.24) is 9.88 Å². The molecule has 0 unspecified atom stereocenters. The first-order valence-corrected chi connectivity index (χ1v) is 8.67. The zero-order valence-electron chi connectivity index (χ0n) is 14.3. The van der Waals surface area contributed by atoms with E-state index in [-0.39, 0.29) is 25.4 Å². The lowest BCUT2D eigenvalue weighted by atomic mass is 9.80. The molecule has 2 atom stereocenters. The molecule has 1 aliphatic heterocycles. The first kappa shape index (κ1) is 16.5. The molecule has 3 nitrogen and oxygen atoms in total. The molecule has 1 saturated carbocycles. The summed E-state index contributed by atoms with van der Waals surface area (Å²) in [6.07, 6.45) is -2.97. The fourth-order valence-electron chi connectivity index (χ4n) is 4.80. The Morgan fingerprint density at radius 2 is 2.04 bits per heavy atom. The highest BCUT2D eigenvalue weighted by Crippen LogP contribution is 2.57. The van der Waals surface area contributed by atoms with E-state index in [0.29, 0.717) is 18.5 Å². The first-order chi connectivity index (χ1) is 11.7. The van der Waals surface area contributed by atoms with Gasteiger partial charge < -0.3 is 9.88 Å². The van der Waals surface area contributed by atoms with Gasteiger partial charge in [0.05, 0.1) is 5.41 Å². The number of fused-ring (bicyclic) bond motifs is 2. The molecule has 1 saturated heterocycles. The lowest BCUT2D eigenvalue weighted by molar-refractivity contribution is -0.226. The largest absolute Gasteiger partial charge is 0.396 e. The quantitative estimate of drug-likeness (QED) is 0.802. The number of likely N-dealkylation sites (tertiary alicyclic amines) is 1. The summed E-state index contributed by atoms with van der Waals surface area (Å²) in [5.41, 5.74) is 1.66.